The molecule has 112 valence electrons. The van der Waals surface area contributed by atoms with Crippen molar-refractivity contribution in [2.24, 2.45) is 0 Å². The molecule has 1 aromatic heterocycles. The second-order valence-electron chi connectivity index (χ2n) is 5.03. The second-order valence-corrected chi connectivity index (χ2v) is 5.47. The van der Waals surface area contributed by atoms with Crippen LogP contribution in [0.3, 0.4) is 0 Å². The Morgan fingerprint density at radius 2 is 1.86 bits per heavy atom. The maximum absolute atomic E-state index is 8.95. The van der Waals surface area contributed by atoms with Crippen molar-refractivity contribution >= 4 is 22.6 Å². The maximum atomic E-state index is 8.95. The van der Waals surface area contributed by atoms with Crippen LogP contribution >= 0.6 is 11.6 Å². The molecule has 3 nitrogen and oxygen atoms in total. The fourth-order valence-electron chi connectivity index (χ4n) is 2.35. The third-order valence-electron chi connectivity index (χ3n) is 3.44. The molecule has 0 spiro atoms. The average Bonchev–Trinajstić information content (AvgIpc) is 2.56. The number of nitrogens with one attached hydrogen (secondary N) is 1. The predicted octanol–water partition coefficient (Wildman–Crippen LogP) is 2.12. The number of benzene rings is 2. The van der Waals surface area contributed by atoms with Crippen molar-refractivity contribution in [3.05, 3.63) is 65.0 Å². The first kappa shape index (κ1) is 14.8. The van der Waals surface area contributed by atoms with Crippen LogP contribution in [-0.4, -0.2) is 18.3 Å². The summed E-state index contributed by atoms with van der Waals surface area (Å²) in [6.07, 6.45) is 0.689. The Bertz CT molecular complexity index is 841. The number of aliphatic hydroxyl groups is 1. The molecular weight excluding hydrogens is 298 g/mol. The molecule has 3 rings (SSSR count). The summed E-state index contributed by atoms with van der Waals surface area (Å²) >= 11 is 6.10. The van der Waals surface area contributed by atoms with Crippen molar-refractivity contribution < 1.29 is 14.5 Å². The molecule has 0 saturated carbocycles. The molecule has 4 heteroatoms. The summed E-state index contributed by atoms with van der Waals surface area (Å²) in [5.41, 5.74) is 1.79. The average molecular weight is 315 g/mol. The van der Waals surface area contributed by atoms with Gasteiger partial charge in [0.15, 0.2) is 0 Å². The largest absolute Gasteiger partial charge is 0.456 e. The molecule has 2 N–H and O–H groups in total. The molecule has 0 aliphatic rings. The summed E-state index contributed by atoms with van der Waals surface area (Å²) < 4.78 is 6.00. The summed E-state index contributed by atoms with van der Waals surface area (Å²) in [4.78, 5) is 3.35. The molecule has 3 aromatic rings. The molecule has 0 amide bonds. The zero-order chi connectivity index (χ0) is 15.4. The van der Waals surface area contributed by atoms with Crippen LogP contribution in [0.15, 0.2) is 59.0 Å². The van der Waals surface area contributed by atoms with Gasteiger partial charge in [-0.2, -0.15) is 0 Å². The Balaban J connectivity index is 2.20. The van der Waals surface area contributed by atoms with Crippen LogP contribution in [-0.2, 0) is 0 Å². The van der Waals surface area contributed by atoms with Gasteiger partial charge in [0.2, 0.25) is 5.36 Å². The first-order valence-electron chi connectivity index (χ1n) is 7.24. The van der Waals surface area contributed by atoms with Crippen LogP contribution in [0.2, 0.25) is 5.02 Å². The number of hydrogen-bond donors (Lipinski definition) is 2. The summed E-state index contributed by atoms with van der Waals surface area (Å²) in [6, 6.07) is 17.5. The van der Waals surface area contributed by atoms with Crippen molar-refractivity contribution in [1.82, 2.24) is 0 Å². The molecule has 0 unspecified atom stereocenters. The van der Waals surface area contributed by atoms with Gasteiger partial charge in [-0.25, -0.2) is 4.99 Å². The van der Waals surface area contributed by atoms with E-state index >= 15 is 0 Å². The maximum Gasteiger partial charge on any atom is 0.213 e. The first-order valence-corrected chi connectivity index (χ1v) is 7.62. The van der Waals surface area contributed by atoms with Gasteiger partial charge >= 0.3 is 0 Å². The van der Waals surface area contributed by atoms with E-state index < -0.39 is 0 Å². The number of halogens is 1. The zero-order valence-corrected chi connectivity index (χ0v) is 12.8. The summed E-state index contributed by atoms with van der Waals surface area (Å²) in [6.45, 7) is 0.852. The number of aliphatic hydroxyl groups excluding tert-OH is 1. The first-order chi connectivity index (χ1) is 10.8. The summed E-state index contributed by atoms with van der Waals surface area (Å²) in [7, 11) is 0. The second kappa shape index (κ2) is 6.77. The van der Waals surface area contributed by atoms with Crippen LogP contribution < -0.4 is 10.3 Å². The third kappa shape index (κ3) is 3.21. The molecule has 1 heterocycles. The predicted molar refractivity (Wildman–Crippen MR) is 87.3 cm³/mol. The van der Waals surface area contributed by atoms with Gasteiger partial charge < -0.3 is 9.52 Å². The topological polar surface area (TPSA) is 47.3 Å². The van der Waals surface area contributed by atoms with Crippen LogP contribution in [0.25, 0.3) is 22.3 Å². The minimum absolute atomic E-state index is 0.161. The number of hydrogen-bond acceptors (Lipinski definition) is 2. The Morgan fingerprint density at radius 3 is 2.64 bits per heavy atom. The molecule has 0 saturated heterocycles. The molecule has 0 fully saturated rings. The normalized spacial score (nSPS) is 12.0. The van der Waals surface area contributed by atoms with Gasteiger partial charge in [0.05, 0.1) is 11.5 Å². The minimum Gasteiger partial charge on any atom is -0.456 e. The van der Waals surface area contributed by atoms with Gasteiger partial charge in [-0.15, -0.1) is 0 Å². The summed E-state index contributed by atoms with van der Waals surface area (Å²) in [5, 5.41) is 11.5. The zero-order valence-electron chi connectivity index (χ0n) is 12.1. The highest BCUT2D eigenvalue weighted by Crippen LogP contribution is 2.23. The molecule has 22 heavy (non-hydrogen) atoms. The van der Waals surface area contributed by atoms with Crippen molar-refractivity contribution in [2.45, 2.75) is 6.42 Å². The smallest absolute Gasteiger partial charge is 0.213 e. The van der Waals surface area contributed by atoms with E-state index in [9.17, 15) is 0 Å². The van der Waals surface area contributed by atoms with E-state index in [1.54, 1.807) is 0 Å². The van der Waals surface area contributed by atoms with E-state index in [0.29, 0.717) is 18.0 Å². The van der Waals surface area contributed by atoms with Gasteiger partial charge in [-0.05, 0) is 18.2 Å². The SMILES string of the molecule is OCCC[NH+]=c1cc(-c2ccccc2)oc2ccc(Cl)cc12. The van der Waals surface area contributed by atoms with Crippen LogP contribution in [0.5, 0.6) is 0 Å². The lowest BCUT2D eigenvalue weighted by Gasteiger charge is -2.03. The lowest BCUT2D eigenvalue weighted by atomic mass is 10.1. The Kier molecular flexibility index (Phi) is 4.56. The quantitative estimate of drug-likeness (QED) is 0.725. The minimum atomic E-state index is 0.161. The van der Waals surface area contributed by atoms with Gasteiger partial charge in [-0.1, -0.05) is 41.9 Å². The van der Waals surface area contributed by atoms with Crippen LogP contribution in [0.4, 0.5) is 0 Å². The molecular formula is C18H17ClNO2+. The molecule has 0 aliphatic carbocycles. The van der Waals surface area contributed by atoms with E-state index in [1.165, 1.54) is 0 Å². The van der Waals surface area contributed by atoms with Crippen molar-refractivity contribution in [3.8, 4) is 11.3 Å². The van der Waals surface area contributed by atoms with Gasteiger partial charge in [0.1, 0.15) is 17.9 Å². The van der Waals surface area contributed by atoms with Gasteiger partial charge in [-0.3, -0.25) is 0 Å². The Labute approximate surface area is 133 Å². The molecule has 0 aliphatic heterocycles. The van der Waals surface area contributed by atoms with Crippen molar-refractivity contribution in [3.63, 3.8) is 0 Å². The van der Waals surface area contributed by atoms with Crippen molar-refractivity contribution in [2.75, 3.05) is 13.2 Å². The van der Waals surface area contributed by atoms with Gasteiger partial charge in [0, 0.05) is 23.6 Å². The third-order valence-corrected chi connectivity index (χ3v) is 3.67. The van der Waals surface area contributed by atoms with E-state index in [-0.39, 0.29) is 6.61 Å². The Morgan fingerprint density at radius 1 is 1.05 bits per heavy atom. The van der Waals surface area contributed by atoms with E-state index in [2.05, 4.69) is 4.99 Å². The van der Waals surface area contributed by atoms with E-state index in [1.807, 2.05) is 54.6 Å². The van der Waals surface area contributed by atoms with Crippen LogP contribution in [0, 0.1) is 0 Å². The van der Waals surface area contributed by atoms with Crippen molar-refractivity contribution in [1.29, 1.82) is 0 Å². The van der Waals surface area contributed by atoms with Gasteiger partial charge in [0.25, 0.3) is 0 Å². The monoisotopic (exact) mass is 314 g/mol. The summed E-state index contributed by atoms with van der Waals surface area (Å²) in [5.74, 6) is 0.793. The Hall–Kier alpha value is -2.10. The molecule has 0 atom stereocenters. The van der Waals surface area contributed by atoms with Crippen LogP contribution in [0.1, 0.15) is 6.42 Å². The fourth-order valence-corrected chi connectivity index (χ4v) is 2.52. The number of fused-ring (bicyclic) bond motifs is 1. The standard InChI is InChI=1S/C18H16ClNO2/c19-14-7-8-17-15(11-14)16(20-9-4-10-21)12-18(22-17)13-5-2-1-3-6-13/h1-3,5-8,11-12,21H,4,9-10H2/p+1. The highest BCUT2D eigenvalue weighted by atomic mass is 35.5. The van der Waals surface area contributed by atoms with E-state index in [4.69, 9.17) is 21.1 Å². The lowest BCUT2D eigenvalue weighted by molar-refractivity contribution is -0.500. The molecule has 0 radical (unpaired) electrons. The lowest BCUT2D eigenvalue weighted by Crippen LogP contribution is -2.76. The highest BCUT2D eigenvalue weighted by molar-refractivity contribution is 6.31. The van der Waals surface area contributed by atoms with E-state index in [0.717, 1.165) is 27.7 Å². The molecule has 0 bridgehead atoms. The fraction of sp³-hybridized carbons (Fsp3) is 0.167. The number of rotatable bonds is 4. The highest BCUT2D eigenvalue weighted by Gasteiger charge is 2.09. The molecule has 2 aromatic carbocycles.